The third-order valence-electron chi connectivity index (χ3n) is 3.54. The first-order valence-corrected chi connectivity index (χ1v) is 6.65. The van der Waals surface area contributed by atoms with Gasteiger partial charge in [-0.25, -0.2) is 4.79 Å². The van der Waals surface area contributed by atoms with Crippen LogP contribution in [0.5, 0.6) is 0 Å². The fourth-order valence-corrected chi connectivity index (χ4v) is 2.85. The molecule has 1 aliphatic rings. The molecule has 1 N–H and O–H groups in total. The van der Waals surface area contributed by atoms with E-state index in [1.54, 1.807) is 0 Å². The van der Waals surface area contributed by atoms with Crippen molar-refractivity contribution in [3.8, 4) is 0 Å². The van der Waals surface area contributed by atoms with Crippen LogP contribution in [0.15, 0.2) is 30.3 Å². The molecule has 0 saturated carbocycles. The minimum atomic E-state index is -1.53. The van der Waals surface area contributed by atoms with Gasteiger partial charge in [0.1, 0.15) is 5.56 Å². The highest BCUT2D eigenvalue weighted by molar-refractivity contribution is 6.41. The fourth-order valence-electron chi connectivity index (χ4n) is 2.54. The van der Waals surface area contributed by atoms with Crippen molar-refractivity contribution in [1.82, 2.24) is 0 Å². The second-order valence-corrected chi connectivity index (χ2v) is 5.15. The molecular weight excluding hydrogens is 326 g/mol. The molecule has 0 heterocycles. The fraction of sp³-hybridized carbons (Fsp3) is 0. The lowest BCUT2D eigenvalue weighted by molar-refractivity contribution is -0.385. The Morgan fingerprint density at radius 2 is 1.61 bits per heavy atom. The summed E-state index contributed by atoms with van der Waals surface area (Å²) in [6.45, 7) is 0. The Morgan fingerprint density at radius 1 is 1.09 bits per heavy atom. The summed E-state index contributed by atoms with van der Waals surface area (Å²) >= 11 is 5.95. The molecule has 0 spiro atoms. The van der Waals surface area contributed by atoms with E-state index in [1.807, 2.05) is 0 Å². The molecule has 7 nitrogen and oxygen atoms in total. The van der Waals surface area contributed by atoms with Crippen molar-refractivity contribution in [2.45, 2.75) is 0 Å². The maximum atomic E-state index is 12.6. The molecule has 0 aromatic heterocycles. The Labute approximate surface area is 133 Å². The second-order valence-electron chi connectivity index (χ2n) is 4.77. The van der Waals surface area contributed by atoms with Gasteiger partial charge < -0.3 is 5.11 Å². The summed E-state index contributed by atoms with van der Waals surface area (Å²) in [4.78, 5) is 46.7. The minimum absolute atomic E-state index is 0.0206. The van der Waals surface area contributed by atoms with E-state index in [-0.39, 0.29) is 11.1 Å². The molecule has 8 heteroatoms. The average molecular weight is 332 g/mol. The number of hydrogen-bond donors (Lipinski definition) is 1. The topological polar surface area (TPSA) is 115 Å². The maximum absolute atomic E-state index is 12.6. The van der Waals surface area contributed by atoms with Gasteiger partial charge in [0.25, 0.3) is 5.69 Å². The predicted octanol–water partition coefficient (Wildman–Crippen LogP) is 2.72. The summed E-state index contributed by atoms with van der Waals surface area (Å²) in [5.74, 6) is -2.98. The zero-order valence-corrected chi connectivity index (χ0v) is 12.0. The molecule has 0 bridgehead atoms. The number of carbonyl (C=O) groups is 3. The van der Waals surface area contributed by atoms with Gasteiger partial charge in [-0.1, -0.05) is 35.9 Å². The van der Waals surface area contributed by atoms with Crippen molar-refractivity contribution < 1.29 is 24.4 Å². The van der Waals surface area contributed by atoms with Crippen LogP contribution in [-0.4, -0.2) is 27.6 Å². The van der Waals surface area contributed by atoms with Crippen molar-refractivity contribution in [2.24, 2.45) is 0 Å². The molecule has 0 saturated heterocycles. The molecular formula is C15H6ClNO6. The number of ketones is 2. The Hall–Kier alpha value is -3.06. The maximum Gasteiger partial charge on any atom is 0.337 e. The molecule has 3 rings (SSSR count). The van der Waals surface area contributed by atoms with Crippen LogP contribution in [0.25, 0.3) is 0 Å². The van der Waals surface area contributed by atoms with Gasteiger partial charge in [0, 0.05) is 17.2 Å². The summed E-state index contributed by atoms with van der Waals surface area (Å²) in [7, 11) is 0. The number of fused-ring (bicyclic) bond motifs is 2. The first kappa shape index (κ1) is 14.9. The molecule has 2 aromatic rings. The highest BCUT2D eigenvalue weighted by Crippen LogP contribution is 2.39. The number of nitrogens with zero attached hydrogens (tertiary/aromatic N) is 1. The van der Waals surface area contributed by atoms with Crippen LogP contribution >= 0.6 is 11.6 Å². The summed E-state index contributed by atoms with van der Waals surface area (Å²) in [5.41, 5.74) is -2.22. The molecule has 114 valence electrons. The molecule has 1 aliphatic carbocycles. The molecule has 0 aliphatic heterocycles. The summed E-state index contributed by atoms with van der Waals surface area (Å²) < 4.78 is 0. The van der Waals surface area contributed by atoms with Gasteiger partial charge in [0.2, 0.25) is 5.78 Å². The second kappa shape index (κ2) is 4.99. The molecule has 2 aromatic carbocycles. The van der Waals surface area contributed by atoms with Gasteiger partial charge in [-0.2, -0.15) is 0 Å². The lowest BCUT2D eigenvalue weighted by Gasteiger charge is -2.19. The largest absolute Gasteiger partial charge is 0.478 e. The molecule has 23 heavy (non-hydrogen) atoms. The quantitative estimate of drug-likeness (QED) is 0.570. The van der Waals surface area contributed by atoms with Gasteiger partial charge in [0.05, 0.1) is 21.1 Å². The van der Waals surface area contributed by atoms with E-state index in [0.717, 1.165) is 0 Å². The zero-order valence-electron chi connectivity index (χ0n) is 11.2. The average Bonchev–Trinajstić information content (AvgIpc) is 2.51. The number of rotatable bonds is 2. The van der Waals surface area contributed by atoms with Crippen LogP contribution in [0.3, 0.4) is 0 Å². The number of benzene rings is 2. The Morgan fingerprint density at radius 3 is 2.09 bits per heavy atom. The van der Waals surface area contributed by atoms with Gasteiger partial charge in [0.15, 0.2) is 5.78 Å². The van der Waals surface area contributed by atoms with Crippen LogP contribution < -0.4 is 0 Å². The highest BCUT2D eigenvalue weighted by Gasteiger charge is 2.39. The molecule has 0 amide bonds. The highest BCUT2D eigenvalue weighted by atomic mass is 35.5. The first-order chi connectivity index (χ1) is 10.8. The SMILES string of the molecule is O=C(O)c1cc([N+](=O)[O-])c2c(c1Cl)C(=O)c1ccccc1C2=O. The van der Waals surface area contributed by atoms with Crippen molar-refractivity contribution in [3.63, 3.8) is 0 Å². The number of nitro groups is 1. The third kappa shape index (κ3) is 2.01. The third-order valence-corrected chi connectivity index (χ3v) is 3.93. The predicted molar refractivity (Wildman–Crippen MR) is 78.4 cm³/mol. The Kier molecular flexibility index (Phi) is 3.23. The number of aromatic carboxylic acids is 1. The summed E-state index contributed by atoms with van der Waals surface area (Å²) in [6.07, 6.45) is 0. The van der Waals surface area contributed by atoms with Gasteiger partial charge in [-0.15, -0.1) is 0 Å². The normalized spacial score (nSPS) is 12.6. The summed E-state index contributed by atoms with van der Waals surface area (Å²) in [5, 5.41) is 19.9. The van der Waals surface area contributed by atoms with Crippen LogP contribution in [0.2, 0.25) is 5.02 Å². The van der Waals surface area contributed by atoms with Gasteiger partial charge >= 0.3 is 5.97 Å². The number of carbonyl (C=O) groups excluding carboxylic acids is 2. The number of carboxylic acid groups (broad SMARTS) is 1. The Balaban J connectivity index is 2.46. The van der Waals surface area contributed by atoms with E-state index in [4.69, 9.17) is 16.7 Å². The first-order valence-electron chi connectivity index (χ1n) is 6.27. The van der Waals surface area contributed by atoms with Crippen LogP contribution in [0.4, 0.5) is 5.69 Å². The molecule has 0 unspecified atom stereocenters. The zero-order chi connectivity index (χ0) is 16.9. The number of hydrogen-bond acceptors (Lipinski definition) is 5. The van der Waals surface area contributed by atoms with E-state index in [1.165, 1.54) is 24.3 Å². The smallest absolute Gasteiger partial charge is 0.337 e. The number of carboxylic acids is 1. The van der Waals surface area contributed by atoms with Crippen molar-refractivity contribution >= 4 is 34.8 Å². The van der Waals surface area contributed by atoms with E-state index in [9.17, 15) is 24.5 Å². The Bertz CT molecular complexity index is 934. The summed E-state index contributed by atoms with van der Waals surface area (Å²) in [6, 6.07) is 6.50. The molecule has 0 atom stereocenters. The van der Waals surface area contributed by atoms with Crippen LogP contribution in [-0.2, 0) is 0 Å². The number of halogens is 1. The van der Waals surface area contributed by atoms with E-state index in [2.05, 4.69) is 0 Å². The lowest BCUT2D eigenvalue weighted by Crippen LogP contribution is -2.23. The van der Waals surface area contributed by atoms with Crippen molar-refractivity contribution in [2.75, 3.05) is 0 Å². The molecule has 0 radical (unpaired) electrons. The van der Waals surface area contributed by atoms with E-state index < -0.39 is 49.9 Å². The van der Waals surface area contributed by atoms with Crippen molar-refractivity contribution in [3.05, 3.63) is 73.3 Å². The van der Waals surface area contributed by atoms with E-state index in [0.29, 0.717) is 6.07 Å². The standard InChI is InChI=1S/C15H6ClNO6/c16-12-8(15(20)21)5-9(17(22)23)10-11(12)14(19)7-4-2-1-3-6(7)13(10)18/h1-5H,(H,20,21). The van der Waals surface area contributed by atoms with E-state index >= 15 is 0 Å². The monoisotopic (exact) mass is 331 g/mol. The number of nitro benzene ring substituents is 1. The van der Waals surface area contributed by atoms with Gasteiger partial charge in [-0.05, 0) is 0 Å². The minimum Gasteiger partial charge on any atom is -0.478 e. The van der Waals surface area contributed by atoms with Gasteiger partial charge in [-0.3, -0.25) is 19.7 Å². The van der Waals surface area contributed by atoms with Crippen molar-refractivity contribution in [1.29, 1.82) is 0 Å². The van der Waals surface area contributed by atoms with Crippen LogP contribution in [0, 0.1) is 10.1 Å². The van der Waals surface area contributed by atoms with Crippen LogP contribution in [0.1, 0.15) is 42.2 Å². The lowest BCUT2D eigenvalue weighted by atomic mass is 9.82. The molecule has 0 fully saturated rings.